The molecule has 0 spiro atoms. The number of nitrogens with zero attached hydrogens (tertiary/aromatic N) is 4. The molecule has 0 radical (unpaired) electrons. The summed E-state index contributed by atoms with van der Waals surface area (Å²) in [5.74, 6) is -2.05. The van der Waals surface area contributed by atoms with Gasteiger partial charge in [-0.15, -0.1) is 0 Å². The Morgan fingerprint density at radius 2 is 1.61 bits per heavy atom. The van der Waals surface area contributed by atoms with E-state index in [-0.39, 0.29) is 17.9 Å². The summed E-state index contributed by atoms with van der Waals surface area (Å²) in [6, 6.07) is 19.5. The summed E-state index contributed by atoms with van der Waals surface area (Å²) >= 11 is 1.13. The number of benzene rings is 3. The van der Waals surface area contributed by atoms with Crippen molar-refractivity contribution in [1.29, 1.82) is 0 Å². The van der Waals surface area contributed by atoms with Gasteiger partial charge in [0.2, 0.25) is 5.91 Å². The Bertz CT molecular complexity index is 1580. The molecule has 2 heterocycles. The summed E-state index contributed by atoms with van der Waals surface area (Å²) in [6.45, 7) is 6.34. The highest BCUT2D eigenvalue weighted by Crippen LogP contribution is 2.29. The van der Waals surface area contributed by atoms with Crippen LogP contribution in [0.1, 0.15) is 28.6 Å². The maximum Gasteiger partial charge on any atom is 0.251 e. The highest BCUT2D eigenvalue weighted by molar-refractivity contribution is 7.99. The van der Waals surface area contributed by atoms with Crippen LogP contribution in [0.25, 0.3) is 0 Å². The van der Waals surface area contributed by atoms with E-state index < -0.39 is 29.5 Å². The molecule has 0 aliphatic carbocycles. The highest BCUT2D eigenvalue weighted by Gasteiger charge is 2.32. The van der Waals surface area contributed by atoms with Crippen LogP contribution in [0.4, 0.5) is 20.2 Å². The molecule has 3 aromatic carbocycles. The van der Waals surface area contributed by atoms with Crippen LogP contribution in [0.15, 0.2) is 84.0 Å². The molecule has 0 saturated carbocycles. The van der Waals surface area contributed by atoms with Gasteiger partial charge >= 0.3 is 0 Å². The van der Waals surface area contributed by atoms with E-state index >= 15 is 0 Å². The number of amides is 2. The summed E-state index contributed by atoms with van der Waals surface area (Å²) in [4.78, 5) is 40.2. The molecule has 1 fully saturated rings. The Kier molecular flexibility index (Phi) is 10.2. The molecular formula is C33H33F2N5O3S. The lowest BCUT2D eigenvalue weighted by atomic mass is 10.0. The minimum atomic E-state index is -1.19. The van der Waals surface area contributed by atoms with E-state index in [1.807, 2.05) is 32.0 Å². The normalized spacial score (nSPS) is 13.8. The molecule has 2 amide bonds. The molecule has 44 heavy (non-hydrogen) atoms. The van der Waals surface area contributed by atoms with Crippen LogP contribution < -0.4 is 10.2 Å². The monoisotopic (exact) mass is 617 g/mol. The van der Waals surface area contributed by atoms with E-state index in [4.69, 9.17) is 4.74 Å². The number of carbonyl (C=O) groups is 2. The van der Waals surface area contributed by atoms with Gasteiger partial charge in [-0.25, -0.2) is 18.7 Å². The number of anilines is 2. The SMILES string of the molecule is Cc1cc(C)nc(SCC(=O)N(Cc2ccccc2F)C(C(=O)Nc2ccc(N3CCOCC3)cc2)c2ccc(F)cc2)n1. The van der Waals surface area contributed by atoms with Crippen LogP contribution in [-0.2, 0) is 20.9 Å². The Morgan fingerprint density at radius 3 is 2.27 bits per heavy atom. The molecule has 1 atom stereocenters. The average Bonchev–Trinajstić information content (AvgIpc) is 3.02. The zero-order valence-electron chi connectivity index (χ0n) is 24.5. The number of hydrogen-bond acceptors (Lipinski definition) is 7. The first kappa shape index (κ1) is 31.1. The van der Waals surface area contributed by atoms with E-state index in [0.29, 0.717) is 29.6 Å². The van der Waals surface area contributed by atoms with Gasteiger partial charge in [0.15, 0.2) is 5.16 Å². The zero-order valence-corrected chi connectivity index (χ0v) is 25.3. The van der Waals surface area contributed by atoms with Gasteiger partial charge in [0.25, 0.3) is 5.91 Å². The highest BCUT2D eigenvalue weighted by atomic mass is 32.2. The maximum absolute atomic E-state index is 14.9. The fourth-order valence-corrected chi connectivity index (χ4v) is 5.84. The van der Waals surface area contributed by atoms with Crippen molar-refractivity contribution in [1.82, 2.24) is 14.9 Å². The number of rotatable bonds is 10. The van der Waals surface area contributed by atoms with Crippen molar-refractivity contribution in [3.8, 4) is 0 Å². The first-order valence-corrected chi connectivity index (χ1v) is 15.2. The van der Waals surface area contributed by atoms with Crippen LogP contribution in [0.5, 0.6) is 0 Å². The summed E-state index contributed by atoms with van der Waals surface area (Å²) in [6.07, 6.45) is 0. The van der Waals surface area contributed by atoms with E-state index in [1.54, 1.807) is 30.3 Å². The largest absolute Gasteiger partial charge is 0.378 e. The molecule has 5 rings (SSSR count). The summed E-state index contributed by atoms with van der Waals surface area (Å²) in [5.41, 5.74) is 3.67. The lowest BCUT2D eigenvalue weighted by Gasteiger charge is -2.32. The van der Waals surface area contributed by atoms with Gasteiger partial charge in [0, 0.05) is 48.0 Å². The van der Waals surface area contributed by atoms with Gasteiger partial charge in [-0.2, -0.15) is 0 Å². The third-order valence-electron chi connectivity index (χ3n) is 7.16. The molecule has 1 aromatic heterocycles. The predicted molar refractivity (Wildman–Crippen MR) is 166 cm³/mol. The van der Waals surface area contributed by atoms with Crippen LogP contribution in [-0.4, -0.2) is 58.7 Å². The summed E-state index contributed by atoms with van der Waals surface area (Å²) in [5, 5.41) is 3.34. The van der Waals surface area contributed by atoms with Crippen molar-refractivity contribution >= 4 is 35.0 Å². The molecule has 228 valence electrons. The van der Waals surface area contributed by atoms with E-state index in [9.17, 15) is 18.4 Å². The van der Waals surface area contributed by atoms with E-state index in [1.165, 1.54) is 35.2 Å². The van der Waals surface area contributed by atoms with Crippen molar-refractivity contribution in [2.75, 3.05) is 42.3 Å². The lowest BCUT2D eigenvalue weighted by molar-refractivity contribution is -0.137. The smallest absolute Gasteiger partial charge is 0.251 e. The van der Waals surface area contributed by atoms with Crippen molar-refractivity contribution in [2.24, 2.45) is 0 Å². The Balaban J connectivity index is 1.45. The molecule has 8 nitrogen and oxygen atoms in total. The van der Waals surface area contributed by atoms with Gasteiger partial charge < -0.3 is 19.9 Å². The number of halogens is 2. The zero-order chi connectivity index (χ0) is 31.1. The van der Waals surface area contributed by atoms with E-state index in [0.717, 1.165) is 41.9 Å². The predicted octanol–water partition coefficient (Wildman–Crippen LogP) is 5.71. The quantitative estimate of drug-likeness (QED) is 0.180. The minimum Gasteiger partial charge on any atom is -0.378 e. The van der Waals surface area contributed by atoms with Crippen molar-refractivity contribution in [3.05, 3.63) is 113 Å². The van der Waals surface area contributed by atoms with E-state index in [2.05, 4.69) is 20.2 Å². The topological polar surface area (TPSA) is 87.7 Å². The average molecular weight is 618 g/mol. The number of carbonyl (C=O) groups excluding carboxylic acids is 2. The number of aromatic nitrogens is 2. The standard InChI is InChI=1S/C33H33F2N5O3S/c1-22-19-23(2)37-33(36-22)44-21-30(41)40(20-25-5-3-4-6-29(25)35)31(24-7-9-26(34)10-8-24)32(42)38-27-11-13-28(14-12-27)39-15-17-43-18-16-39/h3-14,19,31H,15-18,20-21H2,1-2H3,(H,38,42). The molecule has 4 aromatic rings. The molecule has 1 aliphatic rings. The van der Waals surface area contributed by atoms with Crippen LogP contribution in [0.2, 0.25) is 0 Å². The second-order valence-electron chi connectivity index (χ2n) is 10.4. The second kappa shape index (κ2) is 14.4. The molecule has 1 N–H and O–H groups in total. The van der Waals surface area contributed by atoms with Crippen LogP contribution in [0, 0.1) is 25.5 Å². The molecule has 1 aliphatic heterocycles. The molecule has 0 bridgehead atoms. The minimum absolute atomic E-state index is 0.101. The number of hydrogen-bond donors (Lipinski definition) is 1. The Morgan fingerprint density at radius 1 is 0.955 bits per heavy atom. The molecule has 1 unspecified atom stereocenters. The Labute approximate surface area is 259 Å². The fraction of sp³-hybridized carbons (Fsp3) is 0.273. The number of morpholine rings is 1. The first-order valence-electron chi connectivity index (χ1n) is 14.2. The Hall–Kier alpha value is -4.35. The lowest BCUT2D eigenvalue weighted by Crippen LogP contribution is -2.42. The van der Waals surface area contributed by atoms with Gasteiger partial charge in [0.1, 0.15) is 17.7 Å². The van der Waals surface area contributed by atoms with Crippen molar-refractivity contribution in [3.63, 3.8) is 0 Å². The van der Waals surface area contributed by atoms with Crippen LogP contribution in [0.3, 0.4) is 0 Å². The fourth-order valence-electron chi connectivity index (χ4n) is 5.01. The molecule has 1 saturated heterocycles. The number of thioether (sulfide) groups is 1. The van der Waals surface area contributed by atoms with Gasteiger partial charge in [-0.3, -0.25) is 9.59 Å². The van der Waals surface area contributed by atoms with Crippen LogP contribution >= 0.6 is 11.8 Å². The first-order chi connectivity index (χ1) is 21.3. The number of aryl methyl sites for hydroxylation is 2. The number of ether oxygens (including phenoxy) is 1. The third kappa shape index (κ3) is 7.97. The van der Waals surface area contributed by atoms with Gasteiger partial charge in [-0.05, 0) is 67.9 Å². The third-order valence-corrected chi connectivity index (χ3v) is 7.99. The van der Waals surface area contributed by atoms with Gasteiger partial charge in [0.05, 0.1) is 19.0 Å². The summed E-state index contributed by atoms with van der Waals surface area (Å²) in [7, 11) is 0. The van der Waals surface area contributed by atoms with Crippen molar-refractivity contribution < 1.29 is 23.1 Å². The van der Waals surface area contributed by atoms with Gasteiger partial charge in [-0.1, -0.05) is 42.1 Å². The number of nitrogens with one attached hydrogen (secondary N) is 1. The van der Waals surface area contributed by atoms with Crippen molar-refractivity contribution in [2.45, 2.75) is 31.6 Å². The maximum atomic E-state index is 14.9. The molecule has 11 heteroatoms. The second-order valence-corrected chi connectivity index (χ2v) is 11.4. The summed E-state index contributed by atoms with van der Waals surface area (Å²) < 4.78 is 34.3. The molecular weight excluding hydrogens is 584 g/mol.